The summed E-state index contributed by atoms with van der Waals surface area (Å²) >= 11 is 0. The van der Waals surface area contributed by atoms with Crippen LogP contribution in [0, 0.1) is 5.92 Å². The molecule has 2 rings (SSSR count). The molecular weight excluding hydrogens is 274 g/mol. The first-order chi connectivity index (χ1) is 9.28. The monoisotopic (exact) mass is 297 g/mol. The van der Waals surface area contributed by atoms with Crippen LogP contribution in [0.4, 0.5) is 0 Å². The topological polar surface area (TPSA) is 58.4 Å². The number of nitrogens with zero attached hydrogens (tertiary/aromatic N) is 1. The van der Waals surface area contributed by atoms with Crippen LogP contribution in [0.25, 0.3) is 0 Å². The van der Waals surface area contributed by atoms with Crippen molar-refractivity contribution < 1.29 is 4.79 Å². The highest BCUT2D eigenvalue weighted by atomic mass is 35.5. The van der Waals surface area contributed by atoms with Gasteiger partial charge >= 0.3 is 0 Å². The molecule has 0 atom stereocenters. The highest BCUT2D eigenvalue weighted by molar-refractivity contribution is 5.85. The first kappa shape index (κ1) is 17.0. The van der Waals surface area contributed by atoms with Gasteiger partial charge in [0.05, 0.1) is 6.54 Å². The second-order valence-corrected chi connectivity index (χ2v) is 5.23. The van der Waals surface area contributed by atoms with E-state index in [4.69, 9.17) is 5.73 Å². The number of nitrogens with one attached hydrogen (secondary N) is 1. The number of carbonyl (C=O) groups is 1. The second kappa shape index (κ2) is 8.95. The maximum absolute atomic E-state index is 11.9. The number of nitrogens with two attached hydrogens (primary N) is 1. The zero-order chi connectivity index (χ0) is 13.5. The van der Waals surface area contributed by atoms with Crippen molar-refractivity contribution in [1.82, 2.24) is 10.2 Å². The van der Waals surface area contributed by atoms with Crippen molar-refractivity contribution in [2.45, 2.75) is 19.4 Å². The van der Waals surface area contributed by atoms with Gasteiger partial charge in [-0.2, -0.15) is 0 Å². The molecule has 20 heavy (non-hydrogen) atoms. The van der Waals surface area contributed by atoms with Crippen LogP contribution in [0.3, 0.4) is 0 Å². The zero-order valence-corrected chi connectivity index (χ0v) is 12.6. The van der Waals surface area contributed by atoms with Crippen molar-refractivity contribution >= 4 is 18.3 Å². The molecule has 1 amide bonds. The van der Waals surface area contributed by atoms with Gasteiger partial charge in [-0.15, -0.1) is 12.4 Å². The zero-order valence-electron chi connectivity index (χ0n) is 11.8. The highest BCUT2D eigenvalue weighted by Gasteiger charge is 2.22. The van der Waals surface area contributed by atoms with E-state index in [9.17, 15) is 4.79 Å². The molecule has 0 aliphatic heterocycles. The number of halogens is 1. The molecule has 1 aromatic rings. The van der Waals surface area contributed by atoms with Crippen molar-refractivity contribution in [2.24, 2.45) is 11.7 Å². The number of hydrogen-bond donors (Lipinski definition) is 2. The van der Waals surface area contributed by atoms with Crippen molar-refractivity contribution in [3.05, 3.63) is 35.9 Å². The first-order valence-electron chi connectivity index (χ1n) is 7.01. The Labute approximate surface area is 127 Å². The van der Waals surface area contributed by atoms with Crippen molar-refractivity contribution in [1.29, 1.82) is 0 Å². The lowest BCUT2D eigenvalue weighted by Crippen LogP contribution is -2.39. The summed E-state index contributed by atoms with van der Waals surface area (Å²) in [6.45, 7) is 3.35. The Morgan fingerprint density at radius 3 is 2.60 bits per heavy atom. The molecule has 3 N–H and O–H groups in total. The minimum absolute atomic E-state index is 0. The van der Waals surface area contributed by atoms with Gasteiger partial charge in [-0.05, 0) is 24.3 Å². The molecule has 1 aliphatic rings. The summed E-state index contributed by atoms with van der Waals surface area (Å²) < 4.78 is 0. The lowest BCUT2D eigenvalue weighted by atomic mass is 10.2. The average molecular weight is 298 g/mol. The number of amides is 1. The summed E-state index contributed by atoms with van der Waals surface area (Å²) in [6, 6.07) is 10.2. The third kappa shape index (κ3) is 6.37. The molecule has 1 aromatic carbocycles. The van der Waals surface area contributed by atoms with Crippen molar-refractivity contribution in [3.8, 4) is 0 Å². The molecule has 1 aliphatic carbocycles. The van der Waals surface area contributed by atoms with E-state index in [1.54, 1.807) is 0 Å². The van der Waals surface area contributed by atoms with Gasteiger partial charge in [0, 0.05) is 26.2 Å². The van der Waals surface area contributed by atoms with Gasteiger partial charge < -0.3 is 11.1 Å². The molecule has 0 saturated heterocycles. The SMILES string of the molecule is Cl.NCCN(CC(=O)NCC1CC1)Cc1ccccc1. The standard InChI is InChI=1S/C15H23N3O.ClH/c16-8-9-18(11-14-4-2-1-3-5-14)12-15(19)17-10-13-6-7-13;/h1-5,13H,6-12,16H2,(H,17,19);1H. The normalized spacial score (nSPS) is 13.9. The Bertz CT molecular complexity index is 395. The quantitative estimate of drug-likeness (QED) is 0.762. The Morgan fingerprint density at radius 2 is 2.00 bits per heavy atom. The van der Waals surface area contributed by atoms with Crippen LogP contribution in [-0.4, -0.2) is 37.0 Å². The molecule has 0 aromatic heterocycles. The molecule has 1 fully saturated rings. The molecule has 0 heterocycles. The molecule has 4 nitrogen and oxygen atoms in total. The van der Waals surface area contributed by atoms with E-state index < -0.39 is 0 Å². The van der Waals surface area contributed by atoms with Crippen LogP contribution in [-0.2, 0) is 11.3 Å². The van der Waals surface area contributed by atoms with E-state index in [-0.39, 0.29) is 18.3 Å². The van der Waals surface area contributed by atoms with E-state index >= 15 is 0 Å². The van der Waals surface area contributed by atoms with Crippen molar-refractivity contribution in [3.63, 3.8) is 0 Å². The molecule has 0 spiro atoms. The fraction of sp³-hybridized carbons (Fsp3) is 0.533. The van der Waals surface area contributed by atoms with Gasteiger partial charge in [0.2, 0.25) is 5.91 Å². The molecule has 0 unspecified atom stereocenters. The van der Waals surface area contributed by atoms with E-state index in [0.29, 0.717) is 13.1 Å². The Hall–Kier alpha value is -1.10. The van der Waals surface area contributed by atoms with Gasteiger partial charge in [0.1, 0.15) is 0 Å². The maximum Gasteiger partial charge on any atom is 0.234 e. The summed E-state index contributed by atoms with van der Waals surface area (Å²) in [5.74, 6) is 0.831. The third-order valence-electron chi connectivity index (χ3n) is 3.35. The minimum Gasteiger partial charge on any atom is -0.355 e. The van der Waals surface area contributed by atoms with Gasteiger partial charge in [0.15, 0.2) is 0 Å². The summed E-state index contributed by atoms with van der Waals surface area (Å²) in [7, 11) is 0. The fourth-order valence-electron chi connectivity index (χ4n) is 2.08. The lowest BCUT2D eigenvalue weighted by molar-refractivity contribution is -0.122. The predicted octanol–water partition coefficient (Wildman–Crippen LogP) is 1.40. The number of carbonyl (C=O) groups excluding carboxylic acids is 1. The van der Waals surface area contributed by atoms with Crippen molar-refractivity contribution in [2.75, 3.05) is 26.2 Å². The van der Waals surface area contributed by atoms with Crippen LogP contribution in [0.1, 0.15) is 18.4 Å². The number of benzene rings is 1. The molecule has 5 heteroatoms. The van der Waals surface area contributed by atoms with E-state index in [2.05, 4.69) is 22.3 Å². The van der Waals surface area contributed by atoms with Gasteiger partial charge in [-0.25, -0.2) is 0 Å². The van der Waals surface area contributed by atoms with Gasteiger partial charge in [-0.3, -0.25) is 9.69 Å². The van der Waals surface area contributed by atoms with Crippen LogP contribution in [0.15, 0.2) is 30.3 Å². The molecule has 0 bridgehead atoms. The smallest absolute Gasteiger partial charge is 0.234 e. The van der Waals surface area contributed by atoms with E-state index in [1.807, 2.05) is 18.2 Å². The molecule has 1 saturated carbocycles. The summed E-state index contributed by atoms with van der Waals surface area (Å²) in [6.07, 6.45) is 2.52. The summed E-state index contributed by atoms with van der Waals surface area (Å²) in [5, 5.41) is 3.00. The fourth-order valence-corrected chi connectivity index (χ4v) is 2.08. The highest BCUT2D eigenvalue weighted by Crippen LogP contribution is 2.27. The second-order valence-electron chi connectivity index (χ2n) is 5.23. The van der Waals surface area contributed by atoms with E-state index in [0.717, 1.165) is 25.6 Å². The van der Waals surface area contributed by atoms with Crippen LogP contribution >= 0.6 is 12.4 Å². The third-order valence-corrected chi connectivity index (χ3v) is 3.35. The Kier molecular flexibility index (Phi) is 7.59. The number of hydrogen-bond acceptors (Lipinski definition) is 3. The molecular formula is C15H24ClN3O. The first-order valence-corrected chi connectivity index (χ1v) is 7.01. The average Bonchev–Trinajstić information content (AvgIpc) is 3.22. The molecule has 112 valence electrons. The largest absolute Gasteiger partial charge is 0.355 e. The van der Waals surface area contributed by atoms with Crippen LogP contribution < -0.4 is 11.1 Å². The predicted molar refractivity (Wildman–Crippen MR) is 83.8 cm³/mol. The van der Waals surface area contributed by atoms with Crippen LogP contribution in [0.2, 0.25) is 0 Å². The Morgan fingerprint density at radius 1 is 1.30 bits per heavy atom. The lowest BCUT2D eigenvalue weighted by Gasteiger charge is -2.21. The number of rotatable bonds is 8. The Balaban J connectivity index is 0.00000200. The summed E-state index contributed by atoms with van der Waals surface area (Å²) in [4.78, 5) is 14.0. The maximum atomic E-state index is 11.9. The van der Waals surface area contributed by atoms with Gasteiger partial charge in [0.25, 0.3) is 0 Å². The summed E-state index contributed by atoms with van der Waals surface area (Å²) in [5.41, 5.74) is 6.83. The van der Waals surface area contributed by atoms with Gasteiger partial charge in [-0.1, -0.05) is 30.3 Å². The van der Waals surface area contributed by atoms with E-state index in [1.165, 1.54) is 18.4 Å². The molecule has 0 radical (unpaired) electrons. The minimum atomic E-state index is 0. The van der Waals surface area contributed by atoms with Crippen LogP contribution in [0.5, 0.6) is 0 Å².